The zero-order valence-corrected chi connectivity index (χ0v) is 14.8. The number of fused-ring (bicyclic) bond motifs is 2. The van der Waals surface area contributed by atoms with E-state index in [2.05, 4.69) is 9.97 Å². The number of ether oxygens (including phenoxy) is 1. The van der Waals surface area contributed by atoms with E-state index >= 15 is 0 Å². The van der Waals surface area contributed by atoms with Crippen LogP contribution in [0.5, 0.6) is 0 Å². The number of aryl methyl sites for hydroxylation is 1. The predicted molar refractivity (Wildman–Crippen MR) is 95.2 cm³/mol. The fourth-order valence-corrected chi connectivity index (χ4v) is 4.19. The second-order valence-corrected chi connectivity index (χ2v) is 7.29. The highest BCUT2D eigenvalue weighted by molar-refractivity contribution is 5.69. The van der Waals surface area contributed by atoms with Gasteiger partial charge in [-0.2, -0.15) is 0 Å². The summed E-state index contributed by atoms with van der Waals surface area (Å²) < 4.78 is 5.52. The van der Waals surface area contributed by atoms with Crippen LogP contribution in [-0.4, -0.2) is 38.2 Å². The van der Waals surface area contributed by atoms with Gasteiger partial charge in [0.1, 0.15) is 12.4 Å². The third-order valence-corrected chi connectivity index (χ3v) is 5.50. The predicted octanol–water partition coefficient (Wildman–Crippen LogP) is 2.94. The van der Waals surface area contributed by atoms with Crippen LogP contribution in [0.1, 0.15) is 42.6 Å². The number of amides is 1. The van der Waals surface area contributed by atoms with Crippen molar-refractivity contribution < 1.29 is 14.6 Å². The summed E-state index contributed by atoms with van der Waals surface area (Å²) in [6.45, 7) is 2.09. The van der Waals surface area contributed by atoms with Gasteiger partial charge in [-0.1, -0.05) is 30.3 Å². The number of hydrogen-bond acceptors (Lipinski definition) is 5. The molecular formula is C20H23N3O3. The van der Waals surface area contributed by atoms with Crippen molar-refractivity contribution in [2.45, 2.75) is 56.9 Å². The normalized spacial score (nSPS) is 27.4. The molecule has 1 aromatic carbocycles. The molecular weight excluding hydrogens is 330 g/mol. The molecule has 2 atom stereocenters. The summed E-state index contributed by atoms with van der Waals surface area (Å²) in [5, 5.41) is 11.2. The SMILES string of the molecule is Cc1ncc(C2(O)CC3CCC(C2)N3C(=O)OCc2ccccc2)cn1. The lowest BCUT2D eigenvalue weighted by Gasteiger charge is -2.43. The minimum absolute atomic E-state index is 0.0108. The maximum atomic E-state index is 12.6. The Balaban J connectivity index is 1.45. The van der Waals surface area contributed by atoms with Crippen molar-refractivity contribution in [2.24, 2.45) is 0 Å². The summed E-state index contributed by atoms with van der Waals surface area (Å²) >= 11 is 0. The quantitative estimate of drug-likeness (QED) is 0.918. The lowest BCUT2D eigenvalue weighted by molar-refractivity contribution is -0.0541. The van der Waals surface area contributed by atoms with Crippen LogP contribution in [-0.2, 0) is 16.9 Å². The van der Waals surface area contributed by atoms with Gasteiger partial charge in [0.05, 0.1) is 5.60 Å². The minimum Gasteiger partial charge on any atom is -0.445 e. The second kappa shape index (κ2) is 6.68. The van der Waals surface area contributed by atoms with Crippen molar-refractivity contribution in [3.63, 3.8) is 0 Å². The average molecular weight is 353 g/mol. The molecule has 0 saturated carbocycles. The zero-order chi connectivity index (χ0) is 18.1. The third-order valence-electron chi connectivity index (χ3n) is 5.50. The van der Waals surface area contributed by atoms with E-state index in [0.29, 0.717) is 18.7 Å². The summed E-state index contributed by atoms with van der Waals surface area (Å²) in [6, 6.07) is 9.65. The molecule has 2 aliphatic heterocycles. The van der Waals surface area contributed by atoms with Crippen molar-refractivity contribution >= 4 is 6.09 Å². The molecule has 26 heavy (non-hydrogen) atoms. The van der Waals surface area contributed by atoms with E-state index in [4.69, 9.17) is 4.74 Å². The van der Waals surface area contributed by atoms with Crippen LogP contribution >= 0.6 is 0 Å². The van der Waals surface area contributed by atoms with E-state index in [-0.39, 0.29) is 24.8 Å². The summed E-state index contributed by atoms with van der Waals surface area (Å²) in [5.74, 6) is 0.683. The number of aliphatic hydroxyl groups is 1. The van der Waals surface area contributed by atoms with Crippen LogP contribution in [0.2, 0.25) is 0 Å². The summed E-state index contributed by atoms with van der Waals surface area (Å²) in [7, 11) is 0. The van der Waals surface area contributed by atoms with Gasteiger partial charge in [-0.3, -0.25) is 0 Å². The highest BCUT2D eigenvalue weighted by Gasteiger charge is 2.50. The molecule has 2 saturated heterocycles. The molecule has 2 bridgehead atoms. The summed E-state index contributed by atoms with van der Waals surface area (Å²) in [4.78, 5) is 22.9. The van der Waals surface area contributed by atoms with Gasteiger partial charge in [0, 0.05) is 42.9 Å². The number of benzene rings is 1. The molecule has 1 N–H and O–H groups in total. The molecule has 4 rings (SSSR count). The molecule has 136 valence electrons. The molecule has 0 spiro atoms. The minimum atomic E-state index is -0.976. The first kappa shape index (κ1) is 17.0. The number of piperidine rings is 1. The van der Waals surface area contributed by atoms with Crippen molar-refractivity contribution in [3.8, 4) is 0 Å². The second-order valence-electron chi connectivity index (χ2n) is 7.29. The van der Waals surface area contributed by atoms with Crippen molar-refractivity contribution in [1.29, 1.82) is 0 Å². The topological polar surface area (TPSA) is 75.6 Å². The van der Waals surface area contributed by atoms with E-state index in [1.165, 1.54) is 0 Å². The van der Waals surface area contributed by atoms with Crippen LogP contribution in [0, 0.1) is 6.92 Å². The first-order valence-electron chi connectivity index (χ1n) is 9.06. The highest BCUT2D eigenvalue weighted by Crippen LogP contribution is 2.45. The van der Waals surface area contributed by atoms with Gasteiger partial charge in [0.2, 0.25) is 0 Å². The maximum absolute atomic E-state index is 12.6. The molecule has 2 fully saturated rings. The van der Waals surface area contributed by atoms with Crippen LogP contribution < -0.4 is 0 Å². The molecule has 6 heteroatoms. The van der Waals surface area contributed by atoms with E-state index < -0.39 is 5.60 Å². The lowest BCUT2D eigenvalue weighted by Crippen LogP contribution is -2.52. The first-order chi connectivity index (χ1) is 12.5. The van der Waals surface area contributed by atoms with Gasteiger partial charge in [0.15, 0.2) is 0 Å². The Bertz CT molecular complexity index is 765. The molecule has 3 heterocycles. The fraction of sp³-hybridized carbons (Fsp3) is 0.450. The third kappa shape index (κ3) is 3.17. The van der Waals surface area contributed by atoms with Crippen LogP contribution in [0.25, 0.3) is 0 Å². The number of rotatable bonds is 3. The Morgan fingerprint density at radius 3 is 2.42 bits per heavy atom. The van der Waals surface area contributed by atoms with Gasteiger partial charge in [-0.25, -0.2) is 14.8 Å². The average Bonchev–Trinajstić information content (AvgIpc) is 2.93. The molecule has 2 unspecified atom stereocenters. The van der Waals surface area contributed by atoms with E-state index in [0.717, 1.165) is 24.0 Å². The number of hydrogen-bond donors (Lipinski definition) is 1. The number of carbonyl (C=O) groups is 1. The molecule has 0 aliphatic carbocycles. The van der Waals surface area contributed by atoms with E-state index in [9.17, 15) is 9.90 Å². The largest absolute Gasteiger partial charge is 0.445 e. The van der Waals surface area contributed by atoms with Crippen LogP contribution in [0.3, 0.4) is 0 Å². The van der Waals surface area contributed by atoms with Gasteiger partial charge in [-0.05, 0) is 25.3 Å². The van der Waals surface area contributed by atoms with Crippen molar-refractivity contribution in [3.05, 3.63) is 59.7 Å². The zero-order valence-electron chi connectivity index (χ0n) is 14.8. The number of aromatic nitrogens is 2. The maximum Gasteiger partial charge on any atom is 0.410 e. The van der Waals surface area contributed by atoms with Crippen molar-refractivity contribution in [1.82, 2.24) is 14.9 Å². The van der Waals surface area contributed by atoms with Gasteiger partial charge >= 0.3 is 6.09 Å². The molecule has 0 radical (unpaired) electrons. The van der Waals surface area contributed by atoms with Crippen LogP contribution in [0.15, 0.2) is 42.7 Å². The van der Waals surface area contributed by atoms with E-state index in [1.807, 2.05) is 42.2 Å². The smallest absolute Gasteiger partial charge is 0.410 e. The monoisotopic (exact) mass is 353 g/mol. The fourth-order valence-electron chi connectivity index (χ4n) is 4.19. The Morgan fingerprint density at radius 2 is 1.81 bits per heavy atom. The Hall–Kier alpha value is -2.47. The summed E-state index contributed by atoms with van der Waals surface area (Å²) in [6.07, 6.45) is 5.88. The molecule has 1 amide bonds. The molecule has 6 nitrogen and oxygen atoms in total. The van der Waals surface area contributed by atoms with E-state index in [1.54, 1.807) is 12.4 Å². The van der Waals surface area contributed by atoms with Crippen LogP contribution in [0.4, 0.5) is 4.79 Å². The Morgan fingerprint density at radius 1 is 1.19 bits per heavy atom. The highest BCUT2D eigenvalue weighted by atomic mass is 16.6. The van der Waals surface area contributed by atoms with Gasteiger partial charge < -0.3 is 14.7 Å². The molecule has 2 aromatic rings. The standard InChI is InChI=1S/C20H23N3O3/c1-14-21-11-16(12-22-14)20(25)9-17-7-8-18(10-20)23(17)19(24)26-13-15-5-3-2-4-6-15/h2-6,11-12,17-18,25H,7-10,13H2,1H3. The first-order valence-corrected chi connectivity index (χ1v) is 9.06. The van der Waals surface area contributed by atoms with Crippen molar-refractivity contribution in [2.75, 3.05) is 0 Å². The Kier molecular flexibility index (Phi) is 4.36. The van der Waals surface area contributed by atoms with Gasteiger partial charge in [-0.15, -0.1) is 0 Å². The summed E-state index contributed by atoms with van der Waals surface area (Å²) in [5.41, 5.74) is 0.728. The lowest BCUT2D eigenvalue weighted by atomic mass is 9.82. The van der Waals surface area contributed by atoms with Gasteiger partial charge in [0.25, 0.3) is 0 Å². The number of carbonyl (C=O) groups excluding carboxylic acids is 1. The molecule has 2 aliphatic rings. The number of nitrogens with zero attached hydrogens (tertiary/aromatic N) is 3. The Labute approximate surface area is 152 Å². The molecule has 1 aromatic heterocycles.